The fourth-order valence-electron chi connectivity index (χ4n) is 2.59. The van der Waals surface area contributed by atoms with Gasteiger partial charge in [-0.2, -0.15) is 0 Å². The first-order valence-corrected chi connectivity index (χ1v) is 7.89. The second-order valence-electron chi connectivity index (χ2n) is 5.47. The number of rotatable bonds is 8. The van der Waals surface area contributed by atoms with Gasteiger partial charge in [-0.1, -0.05) is 32.4 Å². The summed E-state index contributed by atoms with van der Waals surface area (Å²) in [4.78, 5) is 0. The molecular weight excluding hydrogens is 250 g/mol. The summed E-state index contributed by atoms with van der Waals surface area (Å²) in [5.74, 6) is 0.948. The van der Waals surface area contributed by atoms with Crippen molar-refractivity contribution in [3.05, 3.63) is 29.8 Å². The fourth-order valence-corrected chi connectivity index (χ4v) is 2.59. The third-order valence-electron chi connectivity index (χ3n) is 3.72. The molecule has 2 unspecified atom stereocenters. The Bertz CT molecular complexity index is 377. The summed E-state index contributed by atoms with van der Waals surface area (Å²) < 4.78 is 11.8. The predicted molar refractivity (Wildman–Crippen MR) is 82.4 cm³/mol. The number of aryl methyl sites for hydroxylation is 1. The van der Waals surface area contributed by atoms with Gasteiger partial charge in [0.1, 0.15) is 12.4 Å². The van der Waals surface area contributed by atoms with Crippen molar-refractivity contribution in [1.82, 2.24) is 5.32 Å². The minimum absolute atomic E-state index is 0.244. The van der Waals surface area contributed by atoms with Gasteiger partial charge in [0, 0.05) is 6.54 Å². The molecule has 0 saturated carbocycles. The molecule has 0 aliphatic carbocycles. The van der Waals surface area contributed by atoms with E-state index in [4.69, 9.17) is 9.47 Å². The number of benzene rings is 1. The Morgan fingerprint density at radius 1 is 1.15 bits per heavy atom. The second-order valence-corrected chi connectivity index (χ2v) is 5.47. The van der Waals surface area contributed by atoms with Gasteiger partial charge in [0.05, 0.1) is 12.2 Å². The molecule has 2 rings (SSSR count). The zero-order chi connectivity index (χ0) is 14.2. The monoisotopic (exact) mass is 277 g/mol. The molecule has 3 nitrogen and oxygen atoms in total. The largest absolute Gasteiger partial charge is 0.491 e. The Labute approximate surface area is 122 Å². The van der Waals surface area contributed by atoms with Gasteiger partial charge in [-0.05, 0) is 43.5 Å². The summed E-state index contributed by atoms with van der Waals surface area (Å²) in [6, 6.07) is 8.44. The maximum Gasteiger partial charge on any atom is 0.119 e. The van der Waals surface area contributed by atoms with Crippen LogP contribution in [0.5, 0.6) is 5.75 Å². The average molecular weight is 277 g/mol. The van der Waals surface area contributed by atoms with Crippen LogP contribution in [0.1, 0.15) is 38.7 Å². The van der Waals surface area contributed by atoms with E-state index in [0.29, 0.717) is 12.7 Å². The Morgan fingerprint density at radius 3 is 2.60 bits per heavy atom. The highest BCUT2D eigenvalue weighted by Gasteiger charge is 2.25. The predicted octanol–water partition coefficient (Wildman–Crippen LogP) is 3.18. The van der Waals surface area contributed by atoms with E-state index in [1.165, 1.54) is 12.0 Å². The minimum atomic E-state index is 0.244. The molecular formula is C17H27NO2. The highest BCUT2D eigenvalue weighted by molar-refractivity contribution is 5.27. The van der Waals surface area contributed by atoms with E-state index in [1.54, 1.807) is 0 Å². The fraction of sp³-hybridized carbons (Fsp3) is 0.647. The van der Waals surface area contributed by atoms with Crippen LogP contribution >= 0.6 is 0 Å². The molecule has 3 heteroatoms. The Hall–Kier alpha value is -1.06. The standard InChI is InChI=1S/C17H27NO2/c1-3-5-14-6-8-15(9-7-14)19-13-17-11-10-16(20-17)12-18-4-2/h6-9,16-18H,3-5,10-13H2,1-2H3. The number of likely N-dealkylation sites (N-methyl/N-ethyl adjacent to an activating group) is 1. The van der Waals surface area contributed by atoms with Crippen molar-refractivity contribution in [3.63, 3.8) is 0 Å². The highest BCUT2D eigenvalue weighted by Crippen LogP contribution is 2.21. The molecule has 1 fully saturated rings. The SMILES string of the molecule is CCCc1ccc(OCC2CCC(CNCC)O2)cc1. The zero-order valence-corrected chi connectivity index (χ0v) is 12.7. The van der Waals surface area contributed by atoms with E-state index < -0.39 is 0 Å². The van der Waals surface area contributed by atoms with Crippen LogP contribution in [0.25, 0.3) is 0 Å². The molecule has 0 amide bonds. The third kappa shape index (κ3) is 4.80. The van der Waals surface area contributed by atoms with Crippen molar-refractivity contribution in [2.45, 2.75) is 51.7 Å². The second kappa shape index (κ2) is 8.28. The molecule has 1 aliphatic heterocycles. The lowest BCUT2D eigenvalue weighted by molar-refractivity contribution is 0.0188. The molecule has 1 heterocycles. The summed E-state index contributed by atoms with van der Waals surface area (Å²) in [6.07, 6.45) is 5.16. The molecule has 0 aromatic heterocycles. The van der Waals surface area contributed by atoms with Gasteiger partial charge in [-0.3, -0.25) is 0 Å². The maximum absolute atomic E-state index is 5.96. The quantitative estimate of drug-likeness (QED) is 0.791. The van der Waals surface area contributed by atoms with E-state index in [2.05, 4.69) is 43.4 Å². The normalized spacial score (nSPS) is 22.1. The number of nitrogens with one attached hydrogen (secondary N) is 1. The third-order valence-corrected chi connectivity index (χ3v) is 3.72. The Balaban J connectivity index is 1.70. The molecule has 1 saturated heterocycles. The molecule has 0 spiro atoms. The van der Waals surface area contributed by atoms with Gasteiger partial charge in [-0.15, -0.1) is 0 Å². The summed E-state index contributed by atoms with van der Waals surface area (Å²) in [6.45, 7) is 6.95. The molecule has 112 valence electrons. The Morgan fingerprint density at radius 2 is 1.90 bits per heavy atom. The minimum Gasteiger partial charge on any atom is -0.491 e. The van der Waals surface area contributed by atoms with E-state index in [-0.39, 0.29) is 6.10 Å². The summed E-state index contributed by atoms with van der Waals surface area (Å²) in [5.41, 5.74) is 1.38. The first-order valence-electron chi connectivity index (χ1n) is 7.89. The van der Waals surface area contributed by atoms with Crippen LogP contribution in [0.15, 0.2) is 24.3 Å². The van der Waals surface area contributed by atoms with Gasteiger partial charge in [0.15, 0.2) is 0 Å². The van der Waals surface area contributed by atoms with E-state index >= 15 is 0 Å². The Kier molecular flexibility index (Phi) is 6.34. The van der Waals surface area contributed by atoms with Crippen LogP contribution in [-0.4, -0.2) is 31.9 Å². The number of hydrogen-bond donors (Lipinski definition) is 1. The molecule has 2 atom stereocenters. The van der Waals surface area contributed by atoms with E-state index in [9.17, 15) is 0 Å². The zero-order valence-electron chi connectivity index (χ0n) is 12.7. The smallest absolute Gasteiger partial charge is 0.119 e. The summed E-state index contributed by atoms with van der Waals surface area (Å²) >= 11 is 0. The first-order chi connectivity index (χ1) is 9.81. The first kappa shape index (κ1) is 15.3. The van der Waals surface area contributed by atoms with Crippen LogP contribution in [-0.2, 0) is 11.2 Å². The van der Waals surface area contributed by atoms with Crippen molar-refractivity contribution in [1.29, 1.82) is 0 Å². The lowest BCUT2D eigenvalue weighted by Crippen LogP contribution is -2.28. The van der Waals surface area contributed by atoms with Gasteiger partial charge in [0.2, 0.25) is 0 Å². The molecule has 1 aromatic carbocycles. The van der Waals surface area contributed by atoms with Crippen molar-refractivity contribution in [2.24, 2.45) is 0 Å². The van der Waals surface area contributed by atoms with Crippen molar-refractivity contribution < 1.29 is 9.47 Å². The topological polar surface area (TPSA) is 30.5 Å². The van der Waals surface area contributed by atoms with Gasteiger partial charge < -0.3 is 14.8 Å². The lowest BCUT2D eigenvalue weighted by atomic mass is 10.1. The van der Waals surface area contributed by atoms with Gasteiger partial charge in [0.25, 0.3) is 0 Å². The van der Waals surface area contributed by atoms with E-state index in [1.807, 2.05) is 0 Å². The number of hydrogen-bond acceptors (Lipinski definition) is 3. The van der Waals surface area contributed by atoms with Crippen LogP contribution < -0.4 is 10.1 Å². The molecule has 20 heavy (non-hydrogen) atoms. The summed E-state index contributed by atoms with van der Waals surface area (Å²) in [7, 11) is 0. The molecule has 0 radical (unpaired) electrons. The van der Waals surface area contributed by atoms with E-state index in [0.717, 1.165) is 38.1 Å². The lowest BCUT2D eigenvalue weighted by Gasteiger charge is -2.15. The van der Waals surface area contributed by atoms with Crippen LogP contribution in [0.3, 0.4) is 0 Å². The number of ether oxygens (including phenoxy) is 2. The van der Waals surface area contributed by atoms with Crippen molar-refractivity contribution >= 4 is 0 Å². The molecule has 1 N–H and O–H groups in total. The highest BCUT2D eigenvalue weighted by atomic mass is 16.5. The average Bonchev–Trinajstić information content (AvgIpc) is 2.93. The molecule has 1 aliphatic rings. The van der Waals surface area contributed by atoms with Gasteiger partial charge >= 0.3 is 0 Å². The van der Waals surface area contributed by atoms with Crippen LogP contribution in [0, 0.1) is 0 Å². The molecule has 0 bridgehead atoms. The van der Waals surface area contributed by atoms with Crippen molar-refractivity contribution in [3.8, 4) is 5.75 Å². The molecule has 1 aromatic rings. The van der Waals surface area contributed by atoms with Crippen LogP contribution in [0.4, 0.5) is 0 Å². The van der Waals surface area contributed by atoms with Gasteiger partial charge in [-0.25, -0.2) is 0 Å². The van der Waals surface area contributed by atoms with Crippen LogP contribution in [0.2, 0.25) is 0 Å². The summed E-state index contributed by atoms with van der Waals surface area (Å²) in [5, 5.41) is 3.34. The maximum atomic E-state index is 5.96. The van der Waals surface area contributed by atoms with Crippen molar-refractivity contribution in [2.75, 3.05) is 19.7 Å².